The molecule has 1 fully saturated rings. The van der Waals surface area contributed by atoms with Crippen LogP contribution in [0.1, 0.15) is 24.6 Å². The van der Waals surface area contributed by atoms with Crippen molar-refractivity contribution in [3.8, 4) is 0 Å². The van der Waals surface area contributed by atoms with Crippen LogP contribution in [0.25, 0.3) is 0 Å². The highest BCUT2D eigenvalue weighted by molar-refractivity contribution is 5.04. The first kappa shape index (κ1) is 13.5. The fourth-order valence-corrected chi connectivity index (χ4v) is 2.25. The van der Waals surface area contributed by atoms with E-state index < -0.39 is 0 Å². The quantitative estimate of drug-likeness (QED) is 0.763. The number of rotatable bonds is 6. The highest BCUT2D eigenvalue weighted by Crippen LogP contribution is 2.18. The number of nitrogens with one attached hydrogen (secondary N) is 1. The van der Waals surface area contributed by atoms with E-state index in [2.05, 4.69) is 33.9 Å². The molecule has 1 saturated heterocycles. The molecule has 1 aromatic rings. The summed E-state index contributed by atoms with van der Waals surface area (Å²) >= 11 is 0. The molecule has 102 valence electrons. The Morgan fingerprint density at radius 1 is 1.50 bits per heavy atom. The van der Waals surface area contributed by atoms with E-state index in [9.17, 15) is 0 Å². The van der Waals surface area contributed by atoms with Crippen molar-refractivity contribution in [1.29, 1.82) is 0 Å². The highest BCUT2D eigenvalue weighted by atomic mass is 16.5. The molecule has 5 nitrogen and oxygen atoms in total. The Bertz CT molecular complexity index is 345. The zero-order valence-electron chi connectivity index (χ0n) is 11.4. The Morgan fingerprint density at radius 2 is 2.39 bits per heavy atom. The van der Waals surface area contributed by atoms with Crippen molar-refractivity contribution in [2.75, 3.05) is 40.3 Å². The van der Waals surface area contributed by atoms with Crippen molar-refractivity contribution in [3.63, 3.8) is 0 Å². The Morgan fingerprint density at radius 3 is 3.11 bits per heavy atom. The number of nitrogens with zero attached hydrogens (tertiary/aromatic N) is 3. The number of aryl methyl sites for hydroxylation is 1. The minimum Gasteiger partial charge on any atom is -0.369 e. The van der Waals surface area contributed by atoms with Crippen LogP contribution in [-0.2, 0) is 11.3 Å². The van der Waals surface area contributed by atoms with E-state index in [4.69, 9.17) is 4.74 Å². The summed E-state index contributed by atoms with van der Waals surface area (Å²) in [5.41, 5.74) is 1.20. The van der Waals surface area contributed by atoms with E-state index in [0.717, 1.165) is 32.8 Å². The van der Waals surface area contributed by atoms with Crippen molar-refractivity contribution in [3.05, 3.63) is 18.2 Å². The third-order valence-electron chi connectivity index (χ3n) is 3.26. The molecule has 1 unspecified atom stereocenters. The second-order valence-electron chi connectivity index (χ2n) is 5.09. The summed E-state index contributed by atoms with van der Waals surface area (Å²) in [6.45, 7) is 4.81. The summed E-state index contributed by atoms with van der Waals surface area (Å²) in [4.78, 5) is 6.48. The third kappa shape index (κ3) is 3.80. The predicted molar refractivity (Wildman–Crippen MR) is 71.6 cm³/mol. The molecule has 2 heterocycles. The summed E-state index contributed by atoms with van der Waals surface area (Å²) in [5, 5.41) is 3.36. The van der Waals surface area contributed by atoms with Crippen LogP contribution in [0, 0.1) is 0 Å². The fourth-order valence-electron chi connectivity index (χ4n) is 2.25. The van der Waals surface area contributed by atoms with Gasteiger partial charge in [-0.05, 0) is 33.5 Å². The maximum atomic E-state index is 5.78. The molecule has 1 aliphatic rings. The van der Waals surface area contributed by atoms with E-state index in [1.165, 1.54) is 18.5 Å². The van der Waals surface area contributed by atoms with Crippen LogP contribution in [0.4, 0.5) is 0 Å². The Labute approximate surface area is 109 Å². The van der Waals surface area contributed by atoms with Crippen LogP contribution >= 0.6 is 0 Å². The van der Waals surface area contributed by atoms with Gasteiger partial charge in [-0.15, -0.1) is 0 Å². The third-order valence-corrected chi connectivity index (χ3v) is 3.26. The standard InChI is InChI=1S/C13H24N4O/c1-16(2)6-3-4-7-17-11-15-9-12(17)13-10-14-5-8-18-13/h9,11,13-14H,3-8,10H2,1-2H3. The molecule has 1 aromatic heterocycles. The van der Waals surface area contributed by atoms with Gasteiger partial charge in [-0.25, -0.2) is 4.98 Å². The number of morpholine rings is 1. The van der Waals surface area contributed by atoms with Gasteiger partial charge in [-0.3, -0.25) is 0 Å². The van der Waals surface area contributed by atoms with Gasteiger partial charge >= 0.3 is 0 Å². The predicted octanol–water partition coefficient (Wildman–Crippen LogP) is 0.886. The van der Waals surface area contributed by atoms with Crippen LogP contribution < -0.4 is 5.32 Å². The normalized spacial score (nSPS) is 20.5. The SMILES string of the molecule is CN(C)CCCCn1cncc1C1CNCCO1. The maximum absolute atomic E-state index is 5.78. The molecule has 1 aliphatic heterocycles. The number of hydrogen-bond acceptors (Lipinski definition) is 4. The zero-order valence-corrected chi connectivity index (χ0v) is 11.4. The number of aromatic nitrogens is 2. The lowest BCUT2D eigenvalue weighted by molar-refractivity contribution is 0.0227. The molecule has 0 radical (unpaired) electrons. The van der Waals surface area contributed by atoms with Gasteiger partial charge in [0.15, 0.2) is 0 Å². The largest absolute Gasteiger partial charge is 0.369 e. The van der Waals surface area contributed by atoms with E-state index in [0.29, 0.717) is 0 Å². The Hall–Kier alpha value is -0.910. The molecule has 0 aromatic carbocycles. The number of ether oxygens (including phenoxy) is 1. The minimum atomic E-state index is 0.162. The molecule has 0 spiro atoms. The molecule has 18 heavy (non-hydrogen) atoms. The van der Waals surface area contributed by atoms with E-state index >= 15 is 0 Å². The topological polar surface area (TPSA) is 42.3 Å². The highest BCUT2D eigenvalue weighted by Gasteiger charge is 2.19. The molecular weight excluding hydrogens is 228 g/mol. The smallest absolute Gasteiger partial charge is 0.111 e. The second kappa shape index (κ2) is 6.87. The lowest BCUT2D eigenvalue weighted by Crippen LogP contribution is -2.34. The Kier molecular flexibility index (Phi) is 5.16. The molecule has 1 atom stereocenters. The van der Waals surface area contributed by atoms with Gasteiger partial charge in [0.2, 0.25) is 0 Å². The van der Waals surface area contributed by atoms with Gasteiger partial charge in [0.05, 0.1) is 24.8 Å². The van der Waals surface area contributed by atoms with E-state index in [-0.39, 0.29) is 6.10 Å². The van der Waals surface area contributed by atoms with Crippen LogP contribution in [0.2, 0.25) is 0 Å². The average Bonchev–Trinajstić information content (AvgIpc) is 2.84. The van der Waals surface area contributed by atoms with Crippen LogP contribution in [0.3, 0.4) is 0 Å². The molecule has 1 N–H and O–H groups in total. The first-order valence-electron chi connectivity index (χ1n) is 6.74. The van der Waals surface area contributed by atoms with Crippen molar-refractivity contribution < 1.29 is 4.74 Å². The average molecular weight is 252 g/mol. The van der Waals surface area contributed by atoms with Gasteiger partial charge in [0.1, 0.15) is 6.10 Å². The second-order valence-corrected chi connectivity index (χ2v) is 5.09. The monoisotopic (exact) mass is 252 g/mol. The van der Waals surface area contributed by atoms with Crippen molar-refractivity contribution in [2.24, 2.45) is 0 Å². The van der Waals surface area contributed by atoms with Gasteiger partial charge in [-0.2, -0.15) is 0 Å². The lowest BCUT2D eigenvalue weighted by atomic mass is 10.2. The summed E-state index contributed by atoms with van der Waals surface area (Å²) in [7, 11) is 4.23. The van der Waals surface area contributed by atoms with E-state index in [1.54, 1.807) is 0 Å². The number of unbranched alkanes of at least 4 members (excludes halogenated alkanes) is 1. The first-order chi connectivity index (χ1) is 8.77. The minimum absolute atomic E-state index is 0.162. The van der Waals surface area contributed by atoms with Gasteiger partial charge < -0.3 is 19.5 Å². The molecule has 0 saturated carbocycles. The molecule has 2 rings (SSSR count). The Balaban J connectivity index is 1.83. The molecule has 5 heteroatoms. The molecule has 0 bridgehead atoms. The fraction of sp³-hybridized carbons (Fsp3) is 0.769. The summed E-state index contributed by atoms with van der Waals surface area (Å²) in [5.74, 6) is 0. The maximum Gasteiger partial charge on any atom is 0.111 e. The first-order valence-corrected chi connectivity index (χ1v) is 6.74. The van der Waals surface area contributed by atoms with Gasteiger partial charge in [0, 0.05) is 19.6 Å². The number of hydrogen-bond donors (Lipinski definition) is 1. The van der Waals surface area contributed by atoms with Crippen LogP contribution in [0.15, 0.2) is 12.5 Å². The molecule has 0 amide bonds. The van der Waals surface area contributed by atoms with Crippen molar-refractivity contribution in [2.45, 2.75) is 25.5 Å². The van der Waals surface area contributed by atoms with Gasteiger partial charge in [-0.1, -0.05) is 0 Å². The van der Waals surface area contributed by atoms with Crippen LogP contribution in [-0.4, -0.2) is 54.8 Å². The summed E-state index contributed by atoms with van der Waals surface area (Å²) in [6, 6.07) is 0. The van der Waals surface area contributed by atoms with Crippen molar-refractivity contribution >= 4 is 0 Å². The zero-order chi connectivity index (χ0) is 12.8. The molecular formula is C13H24N4O. The van der Waals surface area contributed by atoms with Crippen LogP contribution in [0.5, 0.6) is 0 Å². The lowest BCUT2D eigenvalue weighted by Gasteiger charge is -2.24. The number of imidazole rings is 1. The summed E-state index contributed by atoms with van der Waals surface area (Å²) < 4.78 is 8.01. The van der Waals surface area contributed by atoms with Gasteiger partial charge in [0.25, 0.3) is 0 Å². The van der Waals surface area contributed by atoms with E-state index in [1.807, 2.05) is 12.5 Å². The van der Waals surface area contributed by atoms with Crippen molar-refractivity contribution in [1.82, 2.24) is 19.8 Å². The molecule has 0 aliphatic carbocycles. The summed E-state index contributed by atoms with van der Waals surface area (Å²) in [6.07, 6.45) is 6.41.